The summed E-state index contributed by atoms with van der Waals surface area (Å²) in [4.78, 5) is 26.4. The zero-order chi connectivity index (χ0) is 18.7. The van der Waals surface area contributed by atoms with Crippen LogP contribution in [0.1, 0.15) is 12.0 Å². The maximum atomic E-state index is 12.5. The van der Waals surface area contributed by atoms with Gasteiger partial charge in [0.05, 0.1) is 23.1 Å². The van der Waals surface area contributed by atoms with E-state index in [2.05, 4.69) is 5.32 Å². The zero-order valence-electron chi connectivity index (χ0n) is 14.2. The molecule has 26 heavy (non-hydrogen) atoms. The van der Waals surface area contributed by atoms with E-state index in [1.54, 1.807) is 30.2 Å². The Morgan fingerprint density at radius 1 is 1.23 bits per heavy atom. The van der Waals surface area contributed by atoms with Crippen molar-refractivity contribution < 1.29 is 14.3 Å². The second kappa shape index (κ2) is 7.98. The molecule has 0 aliphatic carbocycles. The van der Waals surface area contributed by atoms with Crippen molar-refractivity contribution >= 4 is 40.7 Å². The first-order valence-electron chi connectivity index (χ1n) is 8.14. The minimum Gasteiger partial charge on any atom is -0.496 e. The molecule has 0 radical (unpaired) electrons. The van der Waals surface area contributed by atoms with Gasteiger partial charge in [-0.1, -0.05) is 41.4 Å². The summed E-state index contributed by atoms with van der Waals surface area (Å²) in [5.41, 5.74) is 1.53. The number of amides is 2. The number of carbonyl (C=O) groups is 2. The molecule has 1 heterocycles. The van der Waals surface area contributed by atoms with Crippen LogP contribution in [-0.4, -0.2) is 25.5 Å². The van der Waals surface area contributed by atoms with Gasteiger partial charge in [-0.15, -0.1) is 0 Å². The minimum atomic E-state index is -0.410. The van der Waals surface area contributed by atoms with Crippen LogP contribution in [0.2, 0.25) is 10.0 Å². The van der Waals surface area contributed by atoms with Gasteiger partial charge in [-0.05, 0) is 24.3 Å². The number of para-hydroxylation sites is 1. The van der Waals surface area contributed by atoms with E-state index in [9.17, 15) is 9.59 Å². The van der Waals surface area contributed by atoms with Crippen molar-refractivity contribution in [2.24, 2.45) is 5.92 Å². The van der Waals surface area contributed by atoms with Gasteiger partial charge in [-0.25, -0.2) is 0 Å². The SMILES string of the molecule is COc1ccccc1CNC(=O)C1CC(=O)N(c2ccc(Cl)c(Cl)c2)C1. The summed E-state index contributed by atoms with van der Waals surface area (Å²) in [6.07, 6.45) is 0.165. The second-order valence-corrected chi connectivity index (χ2v) is 6.85. The van der Waals surface area contributed by atoms with Gasteiger partial charge in [0.25, 0.3) is 0 Å². The molecular formula is C19H18Cl2N2O3. The van der Waals surface area contributed by atoms with Crippen LogP contribution >= 0.6 is 23.2 Å². The third-order valence-corrected chi connectivity index (χ3v) is 5.10. The molecule has 3 rings (SSSR count). The van der Waals surface area contributed by atoms with Gasteiger partial charge in [0.1, 0.15) is 5.75 Å². The summed E-state index contributed by atoms with van der Waals surface area (Å²) < 4.78 is 5.28. The highest BCUT2D eigenvalue weighted by molar-refractivity contribution is 6.42. The van der Waals surface area contributed by atoms with Crippen LogP contribution in [-0.2, 0) is 16.1 Å². The number of ether oxygens (including phenoxy) is 1. The third-order valence-electron chi connectivity index (χ3n) is 4.36. The van der Waals surface area contributed by atoms with E-state index in [-0.39, 0.29) is 18.2 Å². The van der Waals surface area contributed by atoms with Crippen molar-refractivity contribution in [3.63, 3.8) is 0 Å². The van der Waals surface area contributed by atoms with Gasteiger partial charge >= 0.3 is 0 Å². The molecule has 1 unspecified atom stereocenters. The lowest BCUT2D eigenvalue weighted by atomic mass is 10.1. The molecule has 2 aromatic rings. The van der Waals surface area contributed by atoms with Crippen molar-refractivity contribution in [2.75, 3.05) is 18.6 Å². The predicted molar refractivity (Wildman–Crippen MR) is 102 cm³/mol. The number of methoxy groups -OCH3 is 1. The Balaban J connectivity index is 1.64. The Kier molecular flexibility index (Phi) is 5.69. The predicted octanol–water partition coefficient (Wildman–Crippen LogP) is 3.67. The lowest BCUT2D eigenvalue weighted by Crippen LogP contribution is -2.32. The summed E-state index contributed by atoms with van der Waals surface area (Å²) in [6.45, 7) is 0.662. The number of benzene rings is 2. The number of rotatable bonds is 5. The van der Waals surface area contributed by atoms with Crippen LogP contribution in [0.15, 0.2) is 42.5 Å². The number of hydrogen-bond donors (Lipinski definition) is 1. The molecule has 1 aliphatic heterocycles. The second-order valence-electron chi connectivity index (χ2n) is 6.03. The molecule has 1 saturated heterocycles. The number of nitrogens with zero attached hydrogens (tertiary/aromatic N) is 1. The van der Waals surface area contributed by atoms with Gasteiger partial charge in [-0.2, -0.15) is 0 Å². The molecule has 1 N–H and O–H groups in total. The molecule has 136 valence electrons. The van der Waals surface area contributed by atoms with E-state index in [0.717, 1.165) is 5.56 Å². The van der Waals surface area contributed by atoms with Crippen LogP contribution in [0.4, 0.5) is 5.69 Å². The molecule has 2 aromatic carbocycles. The maximum absolute atomic E-state index is 12.5. The molecule has 0 spiro atoms. The molecule has 1 fully saturated rings. The van der Waals surface area contributed by atoms with Gasteiger partial charge in [0.15, 0.2) is 0 Å². The highest BCUT2D eigenvalue weighted by atomic mass is 35.5. The van der Waals surface area contributed by atoms with E-state index in [0.29, 0.717) is 34.6 Å². The van der Waals surface area contributed by atoms with Crippen LogP contribution in [0.5, 0.6) is 5.75 Å². The minimum absolute atomic E-state index is 0.110. The molecule has 0 bridgehead atoms. The van der Waals surface area contributed by atoms with Crippen LogP contribution < -0.4 is 15.0 Å². The molecule has 7 heteroatoms. The molecule has 5 nitrogen and oxygen atoms in total. The Labute approximate surface area is 161 Å². The first-order chi connectivity index (χ1) is 12.5. The molecule has 0 saturated carbocycles. The summed E-state index contributed by atoms with van der Waals surface area (Å²) in [6, 6.07) is 12.5. The molecule has 1 aliphatic rings. The van der Waals surface area contributed by atoms with Crippen molar-refractivity contribution in [3.8, 4) is 5.75 Å². The number of nitrogens with one attached hydrogen (secondary N) is 1. The normalized spacial score (nSPS) is 16.7. The quantitative estimate of drug-likeness (QED) is 0.844. The highest BCUT2D eigenvalue weighted by Gasteiger charge is 2.35. The standard InChI is InChI=1S/C19H18Cl2N2O3/c1-26-17-5-3-2-4-12(17)10-22-19(25)13-8-18(24)23(11-13)14-6-7-15(20)16(21)9-14/h2-7,9,13H,8,10-11H2,1H3,(H,22,25). The van der Waals surface area contributed by atoms with Gasteiger partial charge < -0.3 is 15.0 Å². The largest absolute Gasteiger partial charge is 0.496 e. The maximum Gasteiger partial charge on any atom is 0.227 e. The summed E-state index contributed by atoms with van der Waals surface area (Å²) >= 11 is 11.9. The van der Waals surface area contributed by atoms with E-state index in [1.807, 2.05) is 24.3 Å². The molecular weight excluding hydrogens is 375 g/mol. The van der Waals surface area contributed by atoms with Gasteiger partial charge in [-0.3, -0.25) is 9.59 Å². The summed E-state index contributed by atoms with van der Waals surface area (Å²) in [5.74, 6) is 0.0343. The number of hydrogen-bond acceptors (Lipinski definition) is 3. The molecule has 0 aromatic heterocycles. The van der Waals surface area contributed by atoms with Crippen molar-refractivity contribution in [2.45, 2.75) is 13.0 Å². The molecule has 1 atom stereocenters. The average Bonchev–Trinajstić information content (AvgIpc) is 3.04. The monoisotopic (exact) mass is 392 g/mol. The van der Waals surface area contributed by atoms with Gasteiger partial charge in [0.2, 0.25) is 11.8 Å². The first kappa shape index (κ1) is 18.5. The number of halogens is 2. The fraction of sp³-hybridized carbons (Fsp3) is 0.263. The smallest absolute Gasteiger partial charge is 0.227 e. The van der Waals surface area contributed by atoms with E-state index >= 15 is 0 Å². The van der Waals surface area contributed by atoms with Crippen molar-refractivity contribution in [3.05, 3.63) is 58.1 Å². The van der Waals surface area contributed by atoms with Gasteiger partial charge in [0, 0.05) is 30.8 Å². The zero-order valence-corrected chi connectivity index (χ0v) is 15.7. The molecule has 2 amide bonds. The Bertz CT molecular complexity index is 841. The van der Waals surface area contributed by atoms with Crippen LogP contribution in [0.3, 0.4) is 0 Å². The van der Waals surface area contributed by atoms with E-state index in [4.69, 9.17) is 27.9 Å². The van der Waals surface area contributed by atoms with E-state index in [1.165, 1.54) is 0 Å². The summed E-state index contributed by atoms with van der Waals surface area (Å²) in [7, 11) is 1.59. The average molecular weight is 393 g/mol. The van der Waals surface area contributed by atoms with Crippen molar-refractivity contribution in [1.29, 1.82) is 0 Å². The van der Waals surface area contributed by atoms with Crippen LogP contribution in [0, 0.1) is 5.92 Å². The first-order valence-corrected chi connectivity index (χ1v) is 8.90. The number of anilines is 1. The number of carbonyl (C=O) groups excluding carboxylic acids is 2. The fourth-order valence-corrected chi connectivity index (χ4v) is 3.25. The summed E-state index contributed by atoms with van der Waals surface area (Å²) in [5, 5.41) is 3.68. The van der Waals surface area contributed by atoms with E-state index < -0.39 is 5.92 Å². The topological polar surface area (TPSA) is 58.6 Å². The Hall–Kier alpha value is -2.24. The Morgan fingerprint density at radius 2 is 2.00 bits per heavy atom. The lowest BCUT2D eigenvalue weighted by molar-refractivity contribution is -0.126. The Morgan fingerprint density at radius 3 is 2.73 bits per heavy atom. The van der Waals surface area contributed by atoms with Crippen LogP contribution in [0.25, 0.3) is 0 Å². The fourth-order valence-electron chi connectivity index (χ4n) is 2.96. The third kappa shape index (κ3) is 3.94. The lowest BCUT2D eigenvalue weighted by Gasteiger charge is -2.17. The van der Waals surface area contributed by atoms with Crippen molar-refractivity contribution in [1.82, 2.24) is 5.32 Å². The highest BCUT2D eigenvalue weighted by Crippen LogP contribution is 2.31.